The topological polar surface area (TPSA) is 94.5 Å². The van der Waals surface area contributed by atoms with Crippen LogP contribution in [0.1, 0.15) is 36.7 Å². The smallest absolute Gasteiger partial charge is 0.254 e. The van der Waals surface area contributed by atoms with E-state index in [2.05, 4.69) is 20.0 Å². The standard InChI is InChI=1S/C15H16FN5OS/c1-8(2)23-15-18-12(9(3)14(22)19-15)13(20-21-17)10-4-6-11(16)7-5-10/h4-8,13H,1-3H3,(H,18,19,22). The molecule has 23 heavy (non-hydrogen) atoms. The molecule has 0 amide bonds. The lowest BCUT2D eigenvalue weighted by Crippen LogP contribution is -2.18. The van der Waals surface area contributed by atoms with E-state index < -0.39 is 6.04 Å². The van der Waals surface area contributed by atoms with Crippen LogP contribution in [0.4, 0.5) is 4.39 Å². The molecule has 0 bridgehead atoms. The molecule has 2 rings (SSSR count). The molecule has 1 aromatic heterocycles. The maximum atomic E-state index is 13.1. The molecular weight excluding hydrogens is 317 g/mol. The van der Waals surface area contributed by atoms with Crippen LogP contribution in [-0.2, 0) is 0 Å². The Morgan fingerprint density at radius 3 is 2.57 bits per heavy atom. The molecule has 1 heterocycles. The van der Waals surface area contributed by atoms with Crippen molar-refractivity contribution in [3.63, 3.8) is 0 Å². The number of hydrogen-bond acceptors (Lipinski definition) is 4. The van der Waals surface area contributed by atoms with Crippen molar-refractivity contribution in [3.8, 4) is 0 Å². The summed E-state index contributed by atoms with van der Waals surface area (Å²) in [7, 11) is 0. The minimum absolute atomic E-state index is 0.234. The number of nitrogens with one attached hydrogen (secondary N) is 1. The van der Waals surface area contributed by atoms with Crippen molar-refractivity contribution >= 4 is 11.8 Å². The maximum Gasteiger partial charge on any atom is 0.254 e. The molecule has 0 saturated heterocycles. The third kappa shape index (κ3) is 4.12. The van der Waals surface area contributed by atoms with Gasteiger partial charge in [-0.25, -0.2) is 9.37 Å². The molecule has 6 nitrogen and oxygen atoms in total. The van der Waals surface area contributed by atoms with Crippen molar-refractivity contribution in [1.29, 1.82) is 0 Å². The largest absolute Gasteiger partial charge is 0.301 e. The van der Waals surface area contributed by atoms with Gasteiger partial charge in [-0.2, -0.15) is 0 Å². The minimum Gasteiger partial charge on any atom is -0.301 e. The van der Waals surface area contributed by atoms with Gasteiger partial charge in [-0.1, -0.05) is 42.9 Å². The van der Waals surface area contributed by atoms with Crippen LogP contribution in [0.15, 0.2) is 39.3 Å². The molecule has 0 aliphatic rings. The van der Waals surface area contributed by atoms with E-state index in [1.165, 1.54) is 36.0 Å². The molecule has 1 atom stereocenters. The van der Waals surface area contributed by atoms with Crippen LogP contribution in [0.25, 0.3) is 10.4 Å². The zero-order valence-electron chi connectivity index (χ0n) is 12.9. The highest BCUT2D eigenvalue weighted by atomic mass is 32.2. The first-order valence-electron chi connectivity index (χ1n) is 6.99. The second-order valence-electron chi connectivity index (χ2n) is 5.21. The van der Waals surface area contributed by atoms with E-state index in [1.54, 1.807) is 6.92 Å². The number of benzene rings is 1. The fourth-order valence-electron chi connectivity index (χ4n) is 2.05. The lowest BCUT2D eigenvalue weighted by Gasteiger charge is -2.15. The fraction of sp³-hybridized carbons (Fsp3) is 0.333. The van der Waals surface area contributed by atoms with Gasteiger partial charge in [0.2, 0.25) is 0 Å². The predicted octanol–water partition coefficient (Wildman–Crippen LogP) is 4.12. The van der Waals surface area contributed by atoms with Crippen LogP contribution in [-0.4, -0.2) is 15.2 Å². The number of rotatable bonds is 5. The SMILES string of the molecule is Cc1c(C(N=[N+]=[N-])c2ccc(F)cc2)nc(SC(C)C)[nH]c1=O. The van der Waals surface area contributed by atoms with Crippen LogP contribution in [0, 0.1) is 12.7 Å². The van der Waals surface area contributed by atoms with Crippen molar-refractivity contribution < 1.29 is 4.39 Å². The van der Waals surface area contributed by atoms with Crippen LogP contribution < -0.4 is 5.56 Å². The molecule has 0 radical (unpaired) electrons. The van der Waals surface area contributed by atoms with E-state index in [4.69, 9.17) is 5.53 Å². The molecule has 0 spiro atoms. The third-order valence-corrected chi connectivity index (χ3v) is 4.01. The molecule has 0 aliphatic carbocycles. The van der Waals surface area contributed by atoms with E-state index in [9.17, 15) is 9.18 Å². The molecule has 2 aromatic rings. The Kier molecular flexibility index (Phi) is 5.41. The zero-order valence-corrected chi connectivity index (χ0v) is 13.8. The van der Waals surface area contributed by atoms with Crippen LogP contribution in [0.3, 0.4) is 0 Å². The highest BCUT2D eigenvalue weighted by molar-refractivity contribution is 7.99. The van der Waals surface area contributed by atoms with Gasteiger partial charge >= 0.3 is 0 Å². The molecule has 0 saturated carbocycles. The summed E-state index contributed by atoms with van der Waals surface area (Å²) in [5.41, 5.74) is 9.90. The number of halogens is 1. The maximum absolute atomic E-state index is 13.1. The quantitative estimate of drug-likeness (QED) is 0.293. The molecule has 8 heteroatoms. The Morgan fingerprint density at radius 1 is 1.35 bits per heavy atom. The normalized spacial score (nSPS) is 12.0. The number of H-pyrrole nitrogens is 1. The lowest BCUT2D eigenvalue weighted by atomic mass is 10.0. The van der Waals surface area contributed by atoms with Crippen molar-refractivity contribution in [3.05, 3.63) is 67.7 Å². The van der Waals surface area contributed by atoms with Gasteiger partial charge in [0, 0.05) is 15.7 Å². The van der Waals surface area contributed by atoms with Crippen molar-refractivity contribution in [1.82, 2.24) is 9.97 Å². The molecule has 1 aromatic carbocycles. The van der Waals surface area contributed by atoms with Gasteiger partial charge in [-0.15, -0.1) is 0 Å². The van der Waals surface area contributed by atoms with Gasteiger partial charge < -0.3 is 4.98 Å². The number of thioether (sulfide) groups is 1. The predicted molar refractivity (Wildman–Crippen MR) is 88.0 cm³/mol. The molecule has 1 unspecified atom stereocenters. The van der Waals surface area contributed by atoms with E-state index in [0.29, 0.717) is 22.0 Å². The van der Waals surface area contributed by atoms with Gasteiger partial charge in [0.05, 0.1) is 5.69 Å². The lowest BCUT2D eigenvalue weighted by molar-refractivity contribution is 0.626. The Hall–Kier alpha value is -2.31. The van der Waals surface area contributed by atoms with Gasteiger partial charge in [0.15, 0.2) is 5.16 Å². The summed E-state index contributed by atoms with van der Waals surface area (Å²) in [5, 5.41) is 4.45. The van der Waals surface area contributed by atoms with E-state index >= 15 is 0 Å². The van der Waals surface area contributed by atoms with Crippen LogP contribution >= 0.6 is 11.8 Å². The summed E-state index contributed by atoms with van der Waals surface area (Å²) in [6.07, 6.45) is 0. The summed E-state index contributed by atoms with van der Waals surface area (Å²) >= 11 is 1.41. The number of azide groups is 1. The molecule has 0 aliphatic heterocycles. The summed E-state index contributed by atoms with van der Waals surface area (Å²) in [6.45, 7) is 5.58. The number of aromatic nitrogens is 2. The first-order chi connectivity index (χ1) is 10.9. The average Bonchev–Trinajstić information content (AvgIpc) is 2.49. The van der Waals surface area contributed by atoms with Gasteiger partial charge in [0.25, 0.3) is 5.56 Å². The summed E-state index contributed by atoms with van der Waals surface area (Å²) in [4.78, 5) is 22.1. The summed E-state index contributed by atoms with van der Waals surface area (Å²) in [5.74, 6) is -0.389. The Balaban J connectivity index is 2.58. The number of hydrogen-bond donors (Lipinski definition) is 1. The average molecular weight is 333 g/mol. The monoisotopic (exact) mass is 333 g/mol. The molecule has 1 N–H and O–H groups in total. The molecule has 120 valence electrons. The second-order valence-corrected chi connectivity index (χ2v) is 6.77. The Bertz CT molecular complexity index is 797. The minimum atomic E-state index is -0.783. The van der Waals surface area contributed by atoms with Crippen molar-refractivity contribution in [2.24, 2.45) is 5.11 Å². The first-order valence-corrected chi connectivity index (χ1v) is 7.87. The van der Waals surface area contributed by atoms with Gasteiger partial charge in [0.1, 0.15) is 11.9 Å². The first kappa shape index (κ1) is 17.1. The van der Waals surface area contributed by atoms with E-state index in [-0.39, 0.29) is 16.6 Å². The highest BCUT2D eigenvalue weighted by Gasteiger charge is 2.20. The van der Waals surface area contributed by atoms with E-state index in [0.717, 1.165) is 0 Å². The third-order valence-electron chi connectivity index (χ3n) is 3.13. The zero-order chi connectivity index (χ0) is 17.0. The van der Waals surface area contributed by atoms with Gasteiger partial charge in [-0.3, -0.25) is 4.79 Å². The van der Waals surface area contributed by atoms with Crippen molar-refractivity contribution in [2.75, 3.05) is 0 Å². The Morgan fingerprint density at radius 2 is 2.00 bits per heavy atom. The van der Waals surface area contributed by atoms with E-state index in [1.807, 2.05) is 13.8 Å². The second kappa shape index (κ2) is 7.30. The Labute approximate surface area is 136 Å². The van der Waals surface area contributed by atoms with Crippen LogP contribution in [0.5, 0.6) is 0 Å². The summed E-state index contributed by atoms with van der Waals surface area (Å²) < 4.78 is 13.1. The van der Waals surface area contributed by atoms with Crippen molar-refractivity contribution in [2.45, 2.75) is 37.2 Å². The molecule has 0 fully saturated rings. The fourth-order valence-corrected chi connectivity index (χ4v) is 2.80. The molecular formula is C15H16FN5OS. The van der Waals surface area contributed by atoms with Crippen LogP contribution in [0.2, 0.25) is 0 Å². The van der Waals surface area contributed by atoms with Gasteiger partial charge in [-0.05, 0) is 30.2 Å². The number of aromatic amines is 1. The summed E-state index contributed by atoms with van der Waals surface area (Å²) in [6, 6.07) is 4.82. The highest BCUT2D eigenvalue weighted by Crippen LogP contribution is 2.28. The number of nitrogens with zero attached hydrogens (tertiary/aromatic N) is 4.